The number of carboxylic acid groups (broad SMARTS) is 1. The lowest BCUT2D eigenvalue weighted by atomic mass is 9.76. The van der Waals surface area contributed by atoms with Gasteiger partial charge in [-0.25, -0.2) is 4.39 Å². The molecule has 2 atom stereocenters. The Morgan fingerprint density at radius 2 is 2.10 bits per heavy atom. The van der Waals surface area contributed by atoms with Gasteiger partial charge in [0.05, 0.1) is 5.41 Å². The van der Waals surface area contributed by atoms with Crippen LogP contribution in [0.5, 0.6) is 0 Å². The van der Waals surface area contributed by atoms with Crippen molar-refractivity contribution in [3.63, 3.8) is 0 Å². The third kappa shape index (κ3) is 2.99. The summed E-state index contributed by atoms with van der Waals surface area (Å²) >= 11 is 3.40. The molecule has 1 aromatic rings. The third-order valence-corrected chi connectivity index (χ3v) is 5.51. The summed E-state index contributed by atoms with van der Waals surface area (Å²) in [6.07, 6.45) is 0.656. The Bertz CT molecular complexity index is 549. The number of benzene rings is 1. The van der Waals surface area contributed by atoms with E-state index in [0.717, 1.165) is 16.6 Å². The quantitative estimate of drug-likeness (QED) is 0.882. The minimum Gasteiger partial charge on any atom is -0.481 e. The number of hydrogen-bond donors (Lipinski definition) is 1. The molecule has 2 rings (SSSR count). The fraction of sp³-hybridized carbons (Fsp3) is 0.562. The van der Waals surface area contributed by atoms with E-state index < -0.39 is 11.4 Å². The van der Waals surface area contributed by atoms with Gasteiger partial charge in [0.2, 0.25) is 0 Å². The van der Waals surface area contributed by atoms with E-state index in [1.165, 1.54) is 12.1 Å². The standard InChI is InChI=1S/C16H21BrFNO2/c1-10(2)16(15(20)21)6-7-19(9-16)11(3)13-5-4-12(18)8-14(13)17/h4-5,8,10-11H,6-7,9H2,1-3H3,(H,20,21). The Hall–Kier alpha value is -0.940. The van der Waals surface area contributed by atoms with Crippen molar-refractivity contribution in [2.45, 2.75) is 33.2 Å². The predicted octanol–water partition coefficient (Wildman–Crippen LogP) is 4.08. The monoisotopic (exact) mass is 357 g/mol. The summed E-state index contributed by atoms with van der Waals surface area (Å²) in [5, 5.41) is 9.61. The van der Waals surface area contributed by atoms with Crippen LogP contribution in [0, 0.1) is 17.2 Å². The van der Waals surface area contributed by atoms with Crippen molar-refractivity contribution in [1.29, 1.82) is 0 Å². The molecule has 21 heavy (non-hydrogen) atoms. The molecule has 1 N–H and O–H groups in total. The molecule has 1 heterocycles. The zero-order chi connectivity index (χ0) is 15.8. The van der Waals surface area contributed by atoms with Crippen LogP contribution in [0.1, 0.15) is 38.8 Å². The highest BCUT2D eigenvalue weighted by molar-refractivity contribution is 9.10. The number of halogens is 2. The molecule has 0 aliphatic carbocycles. The highest BCUT2D eigenvalue weighted by Gasteiger charge is 2.48. The van der Waals surface area contributed by atoms with Gasteiger partial charge in [0.15, 0.2) is 0 Å². The van der Waals surface area contributed by atoms with Gasteiger partial charge in [0.1, 0.15) is 5.82 Å². The molecule has 0 amide bonds. The number of rotatable bonds is 4. The van der Waals surface area contributed by atoms with Crippen LogP contribution in [-0.2, 0) is 4.79 Å². The van der Waals surface area contributed by atoms with Gasteiger partial charge in [0, 0.05) is 17.1 Å². The molecule has 1 aliphatic heterocycles. The largest absolute Gasteiger partial charge is 0.481 e. The summed E-state index contributed by atoms with van der Waals surface area (Å²) in [5.74, 6) is -0.907. The molecule has 1 fully saturated rings. The molecule has 3 nitrogen and oxygen atoms in total. The lowest BCUT2D eigenvalue weighted by Crippen LogP contribution is -2.39. The van der Waals surface area contributed by atoms with Crippen LogP contribution in [-0.4, -0.2) is 29.1 Å². The summed E-state index contributed by atoms with van der Waals surface area (Å²) in [5.41, 5.74) is 0.308. The lowest BCUT2D eigenvalue weighted by molar-refractivity contribution is -0.151. The van der Waals surface area contributed by atoms with Crippen molar-refractivity contribution in [2.24, 2.45) is 11.3 Å². The van der Waals surface area contributed by atoms with Crippen molar-refractivity contribution in [1.82, 2.24) is 4.90 Å². The van der Waals surface area contributed by atoms with Crippen LogP contribution < -0.4 is 0 Å². The summed E-state index contributed by atoms with van der Waals surface area (Å²) in [7, 11) is 0. The number of carbonyl (C=O) groups is 1. The second-order valence-electron chi connectivity index (χ2n) is 6.18. The molecule has 0 radical (unpaired) electrons. The molecule has 0 aromatic heterocycles. The summed E-state index contributed by atoms with van der Waals surface area (Å²) < 4.78 is 13.9. The first-order valence-corrected chi connectivity index (χ1v) is 7.99. The van der Waals surface area contributed by atoms with Crippen molar-refractivity contribution in [2.75, 3.05) is 13.1 Å². The maximum absolute atomic E-state index is 13.2. The number of aliphatic carboxylic acids is 1. The molecule has 5 heteroatoms. The van der Waals surface area contributed by atoms with Gasteiger partial charge >= 0.3 is 5.97 Å². The lowest BCUT2D eigenvalue weighted by Gasteiger charge is -2.31. The topological polar surface area (TPSA) is 40.5 Å². The molecule has 2 unspecified atom stereocenters. The maximum Gasteiger partial charge on any atom is 0.311 e. The second kappa shape index (κ2) is 6.05. The van der Waals surface area contributed by atoms with E-state index in [9.17, 15) is 14.3 Å². The fourth-order valence-electron chi connectivity index (χ4n) is 3.12. The third-order valence-electron chi connectivity index (χ3n) is 4.82. The molecule has 1 aromatic carbocycles. The molecular weight excluding hydrogens is 337 g/mol. The van der Waals surface area contributed by atoms with Gasteiger partial charge < -0.3 is 5.11 Å². The van der Waals surface area contributed by atoms with Gasteiger partial charge in [-0.1, -0.05) is 35.8 Å². The van der Waals surface area contributed by atoms with Crippen molar-refractivity contribution < 1.29 is 14.3 Å². The summed E-state index contributed by atoms with van der Waals surface area (Å²) in [6, 6.07) is 4.72. The highest BCUT2D eigenvalue weighted by atomic mass is 79.9. The van der Waals surface area contributed by atoms with E-state index in [4.69, 9.17) is 0 Å². The molecule has 1 saturated heterocycles. The van der Waals surface area contributed by atoms with E-state index in [-0.39, 0.29) is 17.8 Å². The van der Waals surface area contributed by atoms with Crippen molar-refractivity contribution in [3.05, 3.63) is 34.1 Å². The minimum atomic E-state index is -0.717. The van der Waals surface area contributed by atoms with E-state index in [1.807, 2.05) is 20.8 Å². The smallest absolute Gasteiger partial charge is 0.311 e. The summed E-state index contributed by atoms with van der Waals surface area (Å²) in [4.78, 5) is 13.9. The van der Waals surface area contributed by atoms with Crippen LogP contribution in [0.25, 0.3) is 0 Å². The van der Waals surface area contributed by atoms with E-state index in [0.29, 0.717) is 13.0 Å². The van der Waals surface area contributed by atoms with Crippen LogP contribution in [0.2, 0.25) is 0 Å². The Kier molecular flexibility index (Phi) is 4.73. The molecule has 0 saturated carbocycles. The van der Waals surface area contributed by atoms with Crippen LogP contribution in [0.3, 0.4) is 0 Å². The average Bonchev–Trinajstić information content (AvgIpc) is 2.84. The van der Waals surface area contributed by atoms with Crippen LogP contribution in [0.4, 0.5) is 4.39 Å². The first-order valence-electron chi connectivity index (χ1n) is 7.20. The van der Waals surface area contributed by atoms with E-state index in [1.54, 1.807) is 6.07 Å². The SMILES string of the molecule is CC(c1ccc(F)cc1Br)N1CCC(C(=O)O)(C(C)C)C1. The number of carboxylic acids is 1. The van der Waals surface area contributed by atoms with Gasteiger partial charge in [-0.05, 0) is 43.5 Å². The number of nitrogens with zero attached hydrogens (tertiary/aromatic N) is 1. The highest BCUT2D eigenvalue weighted by Crippen LogP contribution is 2.42. The van der Waals surface area contributed by atoms with Crippen LogP contribution in [0.15, 0.2) is 22.7 Å². The molecule has 1 aliphatic rings. The fourth-order valence-corrected chi connectivity index (χ4v) is 3.81. The van der Waals surface area contributed by atoms with Crippen molar-refractivity contribution >= 4 is 21.9 Å². The second-order valence-corrected chi connectivity index (χ2v) is 7.03. The molecule has 0 spiro atoms. The maximum atomic E-state index is 13.2. The van der Waals surface area contributed by atoms with Gasteiger partial charge in [-0.15, -0.1) is 0 Å². The zero-order valence-corrected chi connectivity index (χ0v) is 14.2. The molecular formula is C16H21BrFNO2. The Morgan fingerprint density at radius 1 is 1.43 bits per heavy atom. The average molecular weight is 358 g/mol. The van der Waals surface area contributed by atoms with Crippen molar-refractivity contribution in [3.8, 4) is 0 Å². The minimum absolute atomic E-state index is 0.0555. The molecule has 0 bridgehead atoms. The Balaban J connectivity index is 2.22. The van der Waals surface area contributed by atoms with Gasteiger partial charge in [-0.2, -0.15) is 0 Å². The first-order chi connectivity index (χ1) is 9.78. The van der Waals surface area contributed by atoms with Gasteiger partial charge in [0.25, 0.3) is 0 Å². The zero-order valence-electron chi connectivity index (χ0n) is 12.6. The van der Waals surface area contributed by atoms with E-state index >= 15 is 0 Å². The first kappa shape index (κ1) is 16.4. The van der Waals surface area contributed by atoms with Gasteiger partial charge in [-0.3, -0.25) is 9.69 Å². The normalized spacial score (nSPS) is 24.5. The number of likely N-dealkylation sites (tertiary alicyclic amines) is 1. The van der Waals surface area contributed by atoms with E-state index in [2.05, 4.69) is 20.8 Å². The number of hydrogen-bond acceptors (Lipinski definition) is 2. The Labute approximate surface area is 133 Å². The Morgan fingerprint density at radius 3 is 2.57 bits per heavy atom. The van der Waals surface area contributed by atoms with Crippen LogP contribution >= 0.6 is 15.9 Å². The molecule has 116 valence electrons. The summed E-state index contributed by atoms with van der Waals surface area (Å²) in [6.45, 7) is 7.25. The predicted molar refractivity (Wildman–Crippen MR) is 83.6 cm³/mol.